The molecule has 1 unspecified atom stereocenters. The highest BCUT2D eigenvalue weighted by Gasteiger charge is 2.23. The van der Waals surface area contributed by atoms with Gasteiger partial charge in [-0.25, -0.2) is 15.0 Å². The molecular formula is C24H27Cl2N5O4. The summed E-state index contributed by atoms with van der Waals surface area (Å²) in [5, 5.41) is 8.43. The molecular weight excluding hydrogens is 493 g/mol. The molecule has 3 aromatic rings. The van der Waals surface area contributed by atoms with E-state index in [1.807, 2.05) is 6.07 Å². The van der Waals surface area contributed by atoms with Crippen molar-refractivity contribution in [1.82, 2.24) is 15.0 Å². The van der Waals surface area contributed by atoms with Gasteiger partial charge in [-0.3, -0.25) is 0 Å². The summed E-state index contributed by atoms with van der Waals surface area (Å²) in [5.41, 5.74) is 1.79. The molecule has 2 aliphatic heterocycles. The van der Waals surface area contributed by atoms with Gasteiger partial charge >= 0.3 is 0 Å². The lowest BCUT2D eigenvalue weighted by Crippen LogP contribution is -2.28. The maximum atomic E-state index is 6.70. The van der Waals surface area contributed by atoms with E-state index < -0.39 is 0 Å². The maximum Gasteiger partial charge on any atom is 0.223 e. The van der Waals surface area contributed by atoms with Crippen LogP contribution in [0.15, 0.2) is 18.3 Å². The Kier molecular flexibility index (Phi) is 7.29. The van der Waals surface area contributed by atoms with Crippen molar-refractivity contribution in [2.24, 2.45) is 0 Å². The summed E-state index contributed by atoms with van der Waals surface area (Å²) in [7, 11) is 3.09. The number of hydrogen-bond donors (Lipinski definition) is 2. The number of ether oxygens (including phenoxy) is 4. The van der Waals surface area contributed by atoms with Gasteiger partial charge in [-0.2, -0.15) is 0 Å². The summed E-state index contributed by atoms with van der Waals surface area (Å²) in [6.07, 6.45) is 4.44. The average molecular weight is 520 g/mol. The van der Waals surface area contributed by atoms with Crippen LogP contribution in [0.3, 0.4) is 0 Å². The number of halogens is 2. The highest BCUT2D eigenvalue weighted by atomic mass is 35.5. The molecule has 4 heterocycles. The van der Waals surface area contributed by atoms with Gasteiger partial charge in [0.2, 0.25) is 5.95 Å². The van der Waals surface area contributed by atoms with Gasteiger partial charge in [-0.05, 0) is 25.3 Å². The van der Waals surface area contributed by atoms with Crippen LogP contribution in [0.4, 0.5) is 11.8 Å². The third kappa shape index (κ3) is 5.04. The highest BCUT2D eigenvalue weighted by molar-refractivity contribution is 6.41. The van der Waals surface area contributed by atoms with E-state index in [2.05, 4.69) is 15.6 Å². The van der Waals surface area contributed by atoms with Gasteiger partial charge in [0.25, 0.3) is 0 Å². The van der Waals surface area contributed by atoms with Crippen molar-refractivity contribution in [2.45, 2.75) is 31.3 Å². The number of hydrogen-bond acceptors (Lipinski definition) is 9. The van der Waals surface area contributed by atoms with Crippen LogP contribution in [-0.2, 0) is 9.47 Å². The van der Waals surface area contributed by atoms with Crippen molar-refractivity contribution in [3.63, 3.8) is 0 Å². The highest BCUT2D eigenvalue weighted by Crippen LogP contribution is 2.46. The van der Waals surface area contributed by atoms with Crippen LogP contribution in [0.5, 0.6) is 11.5 Å². The lowest BCUT2D eigenvalue weighted by Gasteiger charge is -2.24. The minimum atomic E-state index is 0.188. The zero-order chi connectivity index (χ0) is 24.4. The molecule has 2 saturated heterocycles. The van der Waals surface area contributed by atoms with Crippen LogP contribution in [0, 0.1) is 0 Å². The first-order valence-corrected chi connectivity index (χ1v) is 12.3. The molecule has 0 amide bonds. The number of aromatic nitrogens is 3. The Bertz CT molecular complexity index is 1190. The minimum absolute atomic E-state index is 0.188. The quantitative estimate of drug-likeness (QED) is 0.455. The SMILES string of the molecule is COc1cc(OC)c(Cl)c(-c2cc3cnc(NC4CCOC4)nc3c(NC3CCOCC3)n2)c1Cl. The van der Waals surface area contributed by atoms with Crippen LogP contribution in [0.1, 0.15) is 19.3 Å². The summed E-state index contributed by atoms with van der Waals surface area (Å²) in [5.74, 6) is 2.06. The van der Waals surface area contributed by atoms with Gasteiger partial charge in [0.1, 0.15) is 17.0 Å². The molecule has 9 nitrogen and oxygen atoms in total. The Labute approximate surface area is 213 Å². The van der Waals surface area contributed by atoms with Crippen LogP contribution < -0.4 is 20.1 Å². The third-order valence-electron chi connectivity index (χ3n) is 6.22. The Morgan fingerprint density at radius 2 is 1.57 bits per heavy atom. The smallest absolute Gasteiger partial charge is 0.223 e. The van der Waals surface area contributed by atoms with Gasteiger partial charge in [-0.15, -0.1) is 0 Å². The molecule has 35 heavy (non-hydrogen) atoms. The fourth-order valence-electron chi connectivity index (χ4n) is 4.31. The molecule has 2 fully saturated rings. The molecule has 2 N–H and O–H groups in total. The van der Waals surface area contributed by atoms with Gasteiger partial charge < -0.3 is 29.6 Å². The summed E-state index contributed by atoms with van der Waals surface area (Å²) in [6, 6.07) is 3.92. The van der Waals surface area contributed by atoms with Gasteiger partial charge in [0.15, 0.2) is 5.82 Å². The molecule has 5 rings (SSSR count). The summed E-state index contributed by atoms with van der Waals surface area (Å²) >= 11 is 13.4. The second kappa shape index (κ2) is 10.6. The predicted octanol–water partition coefficient (Wildman–Crippen LogP) is 4.81. The summed E-state index contributed by atoms with van der Waals surface area (Å²) in [4.78, 5) is 14.3. The number of nitrogens with one attached hydrogen (secondary N) is 2. The van der Waals surface area contributed by atoms with Crippen molar-refractivity contribution >= 4 is 45.9 Å². The van der Waals surface area contributed by atoms with E-state index in [9.17, 15) is 0 Å². The van der Waals surface area contributed by atoms with Crippen molar-refractivity contribution < 1.29 is 18.9 Å². The summed E-state index contributed by atoms with van der Waals surface area (Å²) in [6.45, 7) is 2.77. The first-order chi connectivity index (χ1) is 17.1. The topological polar surface area (TPSA) is 99.7 Å². The second-order valence-corrected chi connectivity index (χ2v) is 9.26. The Balaban J connectivity index is 1.62. The molecule has 0 bridgehead atoms. The van der Waals surface area contributed by atoms with Crippen LogP contribution in [0.2, 0.25) is 10.0 Å². The molecule has 11 heteroatoms. The van der Waals surface area contributed by atoms with E-state index in [1.54, 1.807) is 26.5 Å². The largest absolute Gasteiger partial charge is 0.495 e. The monoisotopic (exact) mass is 519 g/mol. The fourth-order valence-corrected chi connectivity index (χ4v) is 5.01. The van der Waals surface area contributed by atoms with Gasteiger partial charge in [0.05, 0.1) is 42.6 Å². The molecule has 1 atom stereocenters. The van der Waals surface area contributed by atoms with Crippen LogP contribution in [0.25, 0.3) is 22.2 Å². The normalized spacial score (nSPS) is 18.6. The molecule has 0 spiro atoms. The number of rotatable bonds is 7. The van der Waals surface area contributed by atoms with Crippen molar-refractivity contribution in [2.75, 3.05) is 51.3 Å². The molecule has 2 aromatic heterocycles. The number of benzene rings is 1. The Morgan fingerprint density at radius 1 is 0.886 bits per heavy atom. The third-order valence-corrected chi connectivity index (χ3v) is 6.97. The second-order valence-electron chi connectivity index (χ2n) is 8.51. The van der Waals surface area contributed by atoms with E-state index >= 15 is 0 Å². The van der Waals surface area contributed by atoms with Crippen molar-refractivity contribution in [3.05, 3.63) is 28.4 Å². The molecule has 0 aliphatic carbocycles. The molecule has 2 aliphatic rings. The number of pyridine rings is 1. The van der Waals surface area contributed by atoms with E-state index in [0.717, 1.165) is 31.3 Å². The average Bonchev–Trinajstić information content (AvgIpc) is 3.38. The lowest BCUT2D eigenvalue weighted by molar-refractivity contribution is 0.0904. The lowest BCUT2D eigenvalue weighted by atomic mass is 10.1. The Hall–Kier alpha value is -2.59. The van der Waals surface area contributed by atoms with Crippen molar-refractivity contribution in [3.8, 4) is 22.8 Å². The molecule has 186 valence electrons. The minimum Gasteiger partial charge on any atom is -0.495 e. The molecule has 0 saturated carbocycles. The van der Waals surface area contributed by atoms with Crippen molar-refractivity contribution in [1.29, 1.82) is 0 Å². The Morgan fingerprint density at radius 3 is 2.23 bits per heavy atom. The fraction of sp³-hybridized carbons (Fsp3) is 0.458. The van der Waals surface area contributed by atoms with E-state index in [-0.39, 0.29) is 12.1 Å². The van der Waals surface area contributed by atoms with Gasteiger partial charge in [0, 0.05) is 49.1 Å². The van der Waals surface area contributed by atoms with Crippen LogP contribution >= 0.6 is 23.2 Å². The summed E-state index contributed by atoms with van der Waals surface area (Å²) < 4.78 is 21.9. The number of anilines is 2. The van der Waals surface area contributed by atoms with E-state index in [1.165, 1.54) is 0 Å². The first kappa shape index (κ1) is 24.1. The first-order valence-electron chi connectivity index (χ1n) is 11.5. The van der Waals surface area contributed by atoms with Gasteiger partial charge in [-0.1, -0.05) is 23.2 Å². The van der Waals surface area contributed by atoms with E-state index in [4.69, 9.17) is 52.1 Å². The predicted molar refractivity (Wildman–Crippen MR) is 136 cm³/mol. The standard InChI is InChI=1S/C24H27Cl2N5O4/c1-32-17-10-18(33-2)21(26)19(20(17)25)16-9-13-11-27-24(29-15-5-8-35-12-15)31-22(13)23(30-16)28-14-3-6-34-7-4-14/h9-11,14-15H,3-8,12H2,1-2H3,(H,28,30)(H,27,29,31). The molecule has 1 aromatic carbocycles. The maximum absolute atomic E-state index is 6.70. The van der Waals surface area contributed by atoms with E-state index in [0.29, 0.717) is 69.9 Å². The zero-order valence-electron chi connectivity index (χ0n) is 19.6. The number of fused-ring (bicyclic) bond motifs is 1. The zero-order valence-corrected chi connectivity index (χ0v) is 21.1. The molecule has 0 radical (unpaired) electrons. The number of nitrogens with zero attached hydrogens (tertiary/aromatic N) is 3. The number of methoxy groups -OCH3 is 2. The van der Waals surface area contributed by atoms with Crippen LogP contribution in [-0.4, -0.2) is 67.7 Å².